The van der Waals surface area contributed by atoms with Crippen LogP contribution in [-0.2, 0) is 12.8 Å². The largest absolute Gasteiger partial charge is 0.298 e. The molecule has 4 rings (SSSR count). The third-order valence-electron chi connectivity index (χ3n) is 4.92. The number of carbonyl (C=O) groups excluding carboxylic acids is 3. The van der Waals surface area contributed by atoms with E-state index in [-0.39, 0.29) is 23.3 Å². The highest BCUT2D eigenvalue weighted by Gasteiger charge is 2.33. The molecule has 1 aromatic heterocycles. The molecule has 0 atom stereocenters. The Morgan fingerprint density at radius 3 is 2.62 bits per heavy atom. The lowest BCUT2D eigenvalue weighted by Gasteiger charge is -2.06. The molecule has 2 aliphatic rings. The van der Waals surface area contributed by atoms with Crippen molar-refractivity contribution in [3.05, 3.63) is 45.5 Å². The fourth-order valence-electron chi connectivity index (χ4n) is 3.43. The normalized spacial score (nSPS) is 16.7. The summed E-state index contributed by atoms with van der Waals surface area (Å²) in [7, 11) is 1.44. The van der Waals surface area contributed by atoms with Gasteiger partial charge in [-0.25, -0.2) is 4.98 Å². The van der Waals surface area contributed by atoms with Crippen LogP contribution in [0.15, 0.2) is 18.2 Å². The number of carbonyl (C=O) groups is 3. The van der Waals surface area contributed by atoms with Gasteiger partial charge in [0.15, 0.2) is 5.13 Å². The Morgan fingerprint density at radius 2 is 1.81 bits per heavy atom. The average Bonchev–Trinajstić information content (AvgIpc) is 3.08. The van der Waals surface area contributed by atoms with Crippen molar-refractivity contribution in [3.8, 4) is 0 Å². The fourth-order valence-corrected chi connectivity index (χ4v) is 4.48. The molecule has 6 nitrogen and oxygen atoms in total. The lowest BCUT2D eigenvalue weighted by Crippen LogP contribution is -2.24. The van der Waals surface area contributed by atoms with E-state index >= 15 is 0 Å². The zero-order valence-corrected chi connectivity index (χ0v) is 15.3. The van der Waals surface area contributed by atoms with Crippen molar-refractivity contribution in [1.82, 2.24) is 9.88 Å². The fraction of sp³-hybridized carbons (Fsp3) is 0.368. The van der Waals surface area contributed by atoms with Gasteiger partial charge in [0.05, 0.1) is 16.8 Å². The predicted octanol–water partition coefficient (Wildman–Crippen LogP) is 3.28. The monoisotopic (exact) mass is 369 g/mol. The molecule has 0 unspecified atom stereocenters. The van der Waals surface area contributed by atoms with Gasteiger partial charge in [0.25, 0.3) is 17.7 Å². The Bertz CT molecular complexity index is 893. The first kappa shape index (κ1) is 16.9. The van der Waals surface area contributed by atoms with E-state index in [1.807, 2.05) is 0 Å². The van der Waals surface area contributed by atoms with E-state index in [0.29, 0.717) is 16.3 Å². The molecule has 134 valence electrons. The summed E-state index contributed by atoms with van der Waals surface area (Å²) >= 11 is 1.54. The second kappa shape index (κ2) is 6.64. The number of anilines is 1. The number of aryl methyl sites for hydroxylation is 2. The topological polar surface area (TPSA) is 79.4 Å². The van der Waals surface area contributed by atoms with Crippen molar-refractivity contribution in [2.75, 3.05) is 12.4 Å². The van der Waals surface area contributed by atoms with E-state index in [1.54, 1.807) is 6.07 Å². The number of thiazole rings is 1. The number of fused-ring (bicyclic) bond motifs is 2. The van der Waals surface area contributed by atoms with Crippen molar-refractivity contribution in [1.29, 1.82) is 0 Å². The molecule has 0 bridgehead atoms. The molecule has 0 fully saturated rings. The smallest absolute Gasteiger partial charge is 0.261 e. The number of amides is 3. The minimum atomic E-state index is -0.378. The summed E-state index contributed by atoms with van der Waals surface area (Å²) in [6.07, 6.45) is 6.76. The van der Waals surface area contributed by atoms with Crippen LogP contribution in [0.3, 0.4) is 0 Å². The van der Waals surface area contributed by atoms with E-state index in [9.17, 15) is 14.4 Å². The number of imide groups is 1. The van der Waals surface area contributed by atoms with Crippen molar-refractivity contribution < 1.29 is 14.4 Å². The van der Waals surface area contributed by atoms with Gasteiger partial charge < -0.3 is 0 Å². The molecular formula is C19H19N3O3S. The predicted molar refractivity (Wildman–Crippen MR) is 98.8 cm³/mol. The van der Waals surface area contributed by atoms with Gasteiger partial charge >= 0.3 is 0 Å². The van der Waals surface area contributed by atoms with E-state index in [1.165, 1.54) is 48.2 Å². The Labute approximate surface area is 155 Å². The van der Waals surface area contributed by atoms with Crippen molar-refractivity contribution in [2.45, 2.75) is 38.5 Å². The van der Waals surface area contributed by atoms with E-state index in [0.717, 1.165) is 36.3 Å². The molecular weight excluding hydrogens is 350 g/mol. The van der Waals surface area contributed by atoms with Gasteiger partial charge in [-0.3, -0.25) is 24.6 Å². The van der Waals surface area contributed by atoms with Crippen molar-refractivity contribution >= 4 is 34.2 Å². The summed E-state index contributed by atoms with van der Waals surface area (Å²) in [5.41, 5.74) is 2.06. The molecule has 7 heteroatoms. The van der Waals surface area contributed by atoms with Crippen LogP contribution in [0.25, 0.3) is 0 Å². The van der Waals surface area contributed by atoms with E-state index in [4.69, 9.17) is 0 Å². The summed E-state index contributed by atoms with van der Waals surface area (Å²) in [5, 5.41) is 3.44. The number of hydrogen-bond acceptors (Lipinski definition) is 5. The van der Waals surface area contributed by atoms with Crippen LogP contribution in [0.1, 0.15) is 67.3 Å². The van der Waals surface area contributed by atoms with Gasteiger partial charge in [0.1, 0.15) is 0 Å². The minimum absolute atomic E-state index is 0.275. The summed E-state index contributed by atoms with van der Waals surface area (Å²) in [6.45, 7) is 0. The average molecular weight is 369 g/mol. The van der Waals surface area contributed by atoms with Gasteiger partial charge in [-0.1, -0.05) is 12.8 Å². The summed E-state index contributed by atoms with van der Waals surface area (Å²) in [6, 6.07) is 4.59. The highest BCUT2D eigenvalue weighted by molar-refractivity contribution is 7.15. The lowest BCUT2D eigenvalue weighted by molar-refractivity contribution is 0.0693. The zero-order valence-electron chi connectivity index (χ0n) is 14.5. The zero-order chi connectivity index (χ0) is 18.3. The highest BCUT2D eigenvalue weighted by Crippen LogP contribution is 2.29. The Hall–Kier alpha value is -2.54. The standard InChI is InChI=1S/C19H19N3O3S/c1-22-17(24)12-9-8-11(10-13(12)18(22)25)16(23)21-19-20-14-6-4-2-3-5-7-15(14)26-19/h8-10H,2-7H2,1H3,(H,20,21,23). The third kappa shape index (κ3) is 2.92. The second-order valence-corrected chi connectivity index (χ2v) is 7.77. The molecule has 1 aliphatic heterocycles. The number of rotatable bonds is 2. The van der Waals surface area contributed by atoms with Crippen LogP contribution in [0, 0.1) is 0 Å². The Kier molecular flexibility index (Phi) is 4.32. The number of aromatic nitrogens is 1. The van der Waals surface area contributed by atoms with Crippen LogP contribution in [0.5, 0.6) is 0 Å². The first-order valence-corrected chi connectivity index (χ1v) is 9.62. The molecule has 1 N–H and O–H groups in total. The van der Waals surface area contributed by atoms with Gasteiger partial charge in [-0.2, -0.15) is 0 Å². The number of nitrogens with one attached hydrogen (secondary N) is 1. The third-order valence-corrected chi connectivity index (χ3v) is 5.99. The first-order valence-electron chi connectivity index (χ1n) is 8.81. The van der Waals surface area contributed by atoms with Crippen molar-refractivity contribution in [2.24, 2.45) is 0 Å². The van der Waals surface area contributed by atoms with Crippen molar-refractivity contribution in [3.63, 3.8) is 0 Å². The molecule has 0 saturated heterocycles. The molecule has 26 heavy (non-hydrogen) atoms. The Morgan fingerprint density at radius 1 is 1.08 bits per heavy atom. The Balaban J connectivity index is 1.55. The van der Waals surface area contributed by atoms with Gasteiger partial charge in [-0.15, -0.1) is 11.3 Å². The SMILES string of the molecule is CN1C(=O)c2ccc(C(=O)Nc3nc4c(s3)CCCCCC4)cc2C1=O. The molecule has 1 aliphatic carbocycles. The number of benzene rings is 1. The number of hydrogen-bond donors (Lipinski definition) is 1. The molecule has 0 saturated carbocycles. The van der Waals surface area contributed by atoms with Crippen LogP contribution < -0.4 is 5.32 Å². The maximum Gasteiger partial charge on any atom is 0.261 e. The highest BCUT2D eigenvalue weighted by atomic mass is 32.1. The van der Waals surface area contributed by atoms with Crippen LogP contribution in [0.2, 0.25) is 0 Å². The molecule has 3 amide bonds. The quantitative estimate of drug-likeness (QED) is 0.824. The van der Waals surface area contributed by atoms with Crippen LogP contribution in [-0.4, -0.2) is 34.7 Å². The van der Waals surface area contributed by atoms with Crippen LogP contribution >= 0.6 is 11.3 Å². The molecule has 0 spiro atoms. The molecule has 0 radical (unpaired) electrons. The summed E-state index contributed by atoms with van der Waals surface area (Å²) in [5.74, 6) is -1.03. The first-order chi connectivity index (χ1) is 12.5. The molecule has 2 aromatic rings. The van der Waals surface area contributed by atoms with Gasteiger partial charge in [0.2, 0.25) is 0 Å². The van der Waals surface area contributed by atoms with Crippen LogP contribution in [0.4, 0.5) is 5.13 Å². The van der Waals surface area contributed by atoms with E-state index in [2.05, 4.69) is 10.3 Å². The maximum atomic E-state index is 12.6. The lowest BCUT2D eigenvalue weighted by atomic mass is 10.0. The molecule has 1 aromatic carbocycles. The van der Waals surface area contributed by atoms with E-state index < -0.39 is 0 Å². The maximum absolute atomic E-state index is 12.6. The summed E-state index contributed by atoms with van der Waals surface area (Å²) < 4.78 is 0. The number of nitrogens with zero attached hydrogens (tertiary/aromatic N) is 2. The van der Waals surface area contributed by atoms with Gasteiger partial charge in [0, 0.05) is 17.5 Å². The van der Waals surface area contributed by atoms with Gasteiger partial charge in [-0.05, 0) is 43.9 Å². The second-order valence-electron chi connectivity index (χ2n) is 6.69. The molecule has 2 heterocycles. The summed E-state index contributed by atoms with van der Waals surface area (Å²) in [4.78, 5) is 43.5. The minimum Gasteiger partial charge on any atom is -0.298 e.